The average molecular weight is 451 g/mol. The molecular weight excluding hydrogens is 423 g/mol. The molecule has 0 aliphatic carbocycles. The summed E-state index contributed by atoms with van der Waals surface area (Å²) in [4.78, 5) is 27.1. The lowest BCUT2D eigenvalue weighted by Crippen LogP contribution is -2.50. The molecule has 0 aromatic heterocycles. The zero-order valence-electron chi connectivity index (χ0n) is 17.5. The summed E-state index contributed by atoms with van der Waals surface area (Å²) in [5.41, 5.74) is 1.09. The van der Waals surface area contributed by atoms with Gasteiger partial charge in [0.1, 0.15) is 11.8 Å². The summed E-state index contributed by atoms with van der Waals surface area (Å²) in [6, 6.07) is 14.0. The van der Waals surface area contributed by atoms with E-state index in [4.69, 9.17) is 27.9 Å². The van der Waals surface area contributed by atoms with Gasteiger partial charge in [0, 0.05) is 18.1 Å². The van der Waals surface area contributed by atoms with Crippen LogP contribution in [0.25, 0.3) is 0 Å². The number of carbonyl (C=O) groups excluding carboxylic acids is 2. The van der Waals surface area contributed by atoms with Gasteiger partial charge in [0.05, 0.1) is 5.02 Å². The third kappa shape index (κ3) is 7.54. The van der Waals surface area contributed by atoms with E-state index < -0.39 is 6.04 Å². The maximum absolute atomic E-state index is 13.0. The van der Waals surface area contributed by atoms with Crippen molar-refractivity contribution in [3.05, 3.63) is 64.1 Å². The largest absolute Gasteiger partial charge is 0.482 e. The number of amides is 2. The van der Waals surface area contributed by atoms with Gasteiger partial charge >= 0.3 is 0 Å². The highest BCUT2D eigenvalue weighted by atomic mass is 35.5. The molecule has 1 unspecified atom stereocenters. The van der Waals surface area contributed by atoms with Crippen molar-refractivity contribution in [2.24, 2.45) is 5.92 Å². The number of rotatable bonds is 10. The smallest absolute Gasteiger partial charge is 0.261 e. The monoisotopic (exact) mass is 450 g/mol. The summed E-state index contributed by atoms with van der Waals surface area (Å²) in [6.45, 7) is 6.50. The zero-order chi connectivity index (χ0) is 22.1. The van der Waals surface area contributed by atoms with E-state index in [0.717, 1.165) is 5.56 Å². The van der Waals surface area contributed by atoms with Crippen LogP contribution in [0.4, 0.5) is 0 Å². The summed E-state index contributed by atoms with van der Waals surface area (Å²) < 4.78 is 5.60. The fraction of sp³-hybridized carbons (Fsp3) is 0.391. The summed E-state index contributed by atoms with van der Waals surface area (Å²) in [5.74, 6) is 0.220. The van der Waals surface area contributed by atoms with E-state index in [9.17, 15) is 9.59 Å². The van der Waals surface area contributed by atoms with Crippen molar-refractivity contribution >= 4 is 35.0 Å². The molecule has 0 radical (unpaired) electrons. The number of hydrogen-bond acceptors (Lipinski definition) is 3. The lowest BCUT2D eigenvalue weighted by Gasteiger charge is -2.29. The number of ether oxygens (including phenoxy) is 1. The van der Waals surface area contributed by atoms with Gasteiger partial charge in [-0.05, 0) is 43.0 Å². The Labute approximate surface area is 188 Å². The van der Waals surface area contributed by atoms with Gasteiger partial charge < -0.3 is 15.0 Å². The Bertz CT molecular complexity index is 844. The van der Waals surface area contributed by atoms with Crippen LogP contribution in [0.5, 0.6) is 5.75 Å². The molecule has 2 amide bonds. The van der Waals surface area contributed by atoms with Crippen molar-refractivity contribution in [2.75, 3.05) is 19.7 Å². The van der Waals surface area contributed by atoms with Crippen LogP contribution in [0.1, 0.15) is 26.3 Å². The first-order valence-corrected chi connectivity index (χ1v) is 10.7. The normalized spacial score (nSPS) is 11.8. The van der Waals surface area contributed by atoms with Gasteiger partial charge in [-0.25, -0.2) is 0 Å². The number of benzene rings is 2. The number of nitrogens with zero attached hydrogens (tertiary/aromatic N) is 1. The highest BCUT2D eigenvalue weighted by Crippen LogP contribution is 2.27. The van der Waals surface area contributed by atoms with Gasteiger partial charge in [0.2, 0.25) is 5.91 Å². The third-order valence-corrected chi connectivity index (χ3v) is 5.11. The minimum Gasteiger partial charge on any atom is -0.482 e. The second-order valence-corrected chi connectivity index (χ2v) is 8.34. The topological polar surface area (TPSA) is 58.6 Å². The number of carbonyl (C=O) groups is 2. The number of halogens is 2. The molecule has 2 rings (SSSR count). The molecule has 7 heteroatoms. The summed E-state index contributed by atoms with van der Waals surface area (Å²) in [5, 5.41) is 3.71. The van der Waals surface area contributed by atoms with Gasteiger partial charge in [-0.15, -0.1) is 0 Å². The molecule has 0 fully saturated rings. The molecule has 2 aromatic carbocycles. The summed E-state index contributed by atoms with van der Waals surface area (Å²) in [7, 11) is 0. The van der Waals surface area contributed by atoms with Crippen LogP contribution in [-0.2, 0) is 16.0 Å². The maximum atomic E-state index is 13.0. The van der Waals surface area contributed by atoms with E-state index in [1.807, 2.05) is 44.2 Å². The van der Waals surface area contributed by atoms with E-state index in [1.165, 1.54) is 0 Å². The Hall–Kier alpha value is -2.24. The van der Waals surface area contributed by atoms with Crippen LogP contribution in [-0.4, -0.2) is 42.5 Å². The van der Waals surface area contributed by atoms with Gasteiger partial charge in [0.25, 0.3) is 5.91 Å². The molecule has 0 saturated heterocycles. The first-order chi connectivity index (χ1) is 14.3. The Morgan fingerprint density at radius 1 is 1.07 bits per heavy atom. The Morgan fingerprint density at radius 2 is 1.77 bits per heavy atom. The van der Waals surface area contributed by atoms with Crippen LogP contribution in [0.3, 0.4) is 0 Å². The van der Waals surface area contributed by atoms with Crippen molar-refractivity contribution in [3.8, 4) is 5.75 Å². The fourth-order valence-corrected chi connectivity index (χ4v) is 3.30. The molecule has 0 saturated carbocycles. The third-order valence-electron chi connectivity index (χ3n) is 4.58. The van der Waals surface area contributed by atoms with Crippen LogP contribution in [0.2, 0.25) is 10.0 Å². The van der Waals surface area contributed by atoms with Crippen LogP contribution in [0.15, 0.2) is 48.5 Å². The molecule has 1 atom stereocenters. The van der Waals surface area contributed by atoms with Gasteiger partial charge in [0.15, 0.2) is 6.61 Å². The number of hydrogen-bond donors (Lipinski definition) is 1. The molecule has 0 aliphatic heterocycles. The molecule has 0 bridgehead atoms. The first-order valence-electron chi connectivity index (χ1n) is 9.97. The van der Waals surface area contributed by atoms with Gasteiger partial charge in [-0.3, -0.25) is 9.59 Å². The van der Waals surface area contributed by atoms with Crippen molar-refractivity contribution in [2.45, 2.75) is 33.2 Å². The minimum absolute atomic E-state index is 0.186. The highest BCUT2D eigenvalue weighted by molar-refractivity contribution is 6.35. The quantitative estimate of drug-likeness (QED) is 0.574. The number of nitrogens with one attached hydrogen (secondary N) is 1. The van der Waals surface area contributed by atoms with E-state index >= 15 is 0 Å². The molecular formula is C23H28Cl2N2O3. The molecule has 30 heavy (non-hydrogen) atoms. The van der Waals surface area contributed by atoms with Crippen LogP contribution < -0.4 is 10.1 Å². The summed E-state index contributed by atoms with van der Waals surface area (Å²) in [6.07, 6.45) is 0.635. The molecule has 2 aromatic rings. The molecule has 1 N–H and O–H groups in total. The first kappa shape index (κ1) is 24.0. The summed E-state index contributed by atoms with van der Waals surface area (Å²) >= 11 is 12.0. The van der Waals surface area contributed by atoms with E-state index in [2.05, 4.69) is 5.32 Å². The lowest BCUT2D eigenvalue weighted by molar-refractivity contribution is -0.141. The molecule has 0 heterocycles. The predicted molar refractivity (Wildman–Crippen MR) is 121 cm³/mol. The molecule has 0 spiro atoms. The van der Waals surface area contributed by atoms with Crippen molar-refractivity contribution in [1.82, 2.24) is 10.2 Å². The highest BCUT2D eigenvalue weighted by Gasteiger charge is 2.26. The Balaban J connectivity index is 2.07. The second kappa shape index (κ2) is 11.8. The molecule has 162 valence electrons. The van der Waals surface area contributed by atoms with E-state index in [0.29, 0.717) is 41.2 Å². The second-order valence-electron chi connectivity index (χ2n) is 7.50. The molecule has 0 aliphatic rings. The average Bonchev–Trinajstić information content (AvgIpc) is 2.72. The Morgan fingerprint density at radius 3 is 2.40 bits per heavy atom. The standard InChI is InChI=1S/C23H28Cl2N2O3/c1-16(2)14-26-23(29)17(3)27(12-11-18-7-5-4-6-8-18)22(28)15-30-21-10-9-19(24)13-20(21)25/h4-10,13,16-17H,11-12,14-15H2,1-3H3,(H,26,29). The van der Waals surface area contributed by atoms with Crippen molar-refractivity contribution in [3.63, 3.8) is 0 Å². The predicted octanol–water partition coefficient (Wildman–Crippen LogP) is 4.60. The minimum atomic E-state index is -0.621. The zero-order valence-corrected chi connectivity index (χ0v) is 19.0. The van der Waals surface area contributed by atoms with E-state index in [-0.39, 0.29) is 18.4 Å². The van der Waals surface area contributed by atoms with Crippen molar-refractivity contribution in [1.29, 1.82) is 0 Å². The van der Waals surface area contributed by atoms with Gasteiger partial charge in [-0.2, -0.15) is 0 Å². The lowest BCUT2D eigenvalue weighted by atomic mass is 10.1. The molecule has 5 nitrogen and oxygen atoms in total. The van der Waals surface area contributed by atoms with Crippen LogP contribution in [0, 0.1) is 5.92 Å². The van der Waals surface area contributed by atoms with E-state index in [1.54, 1.807) is 30.0 Å². The SMILES string of the molecule is CC(C)CNC(=O)C(C)N(CCc1ccccc1)C(=O)COc1ccc(Cl)cc1Cl. The van der Waals surface area contributed by atoms with Gasteiger partial charge in [-0.1, -0.05) is 67.4 Å². The van der Waals surface area contributed by atoms with Crippen molar-refractivity contribution < 1.29 is 14.3 Å². The maximum Gasteiger partial charge on any atom is 0.261 e. The van der Waals surface area contributed by atoms with Crippen LogP contribution >= 0.6 is 23.2 Å². The Kier molecular flexibility index (Phi) is 9.47. The fourth-order valence-electron chi connectivity index (χ4n) is 2.84.